The van der Waals surface area contributed by atoms with Crippen molar-refractivity contribution in [3.63, 3.8) is 0 Å². The zero-order valence-corrected chi connectivity index (χ0v) is 15.9. The Morgan fingerprint density at radius 3 is 2.68 bits per heavy atom. The van der Waals surface area contributed by atoms with Crippen molar-refractivity contribution >= 4 is 5.78 Å². The molecule has 0 aromatic heterocycles. The number of ketones is 1. The lowest BCUT2D eigenvalue weighted by atomic mass is 9.77. The summed E-state index contributed by atoms with van der Waals surface area (Å²) < 4.78 is 11.1. The minimum atomic E-state index is 0.0651. The summed E-state index contributed by atoms with van der Waals surface area (Å²) in [7, 11) is 7.15. The number of Topliss-reactive ketones (excluding diaryl/α,β-unsaturated/α-hetero) is 1. The van der Waals surface area contributed by atoms with Gasteiger partial charge in [-0.3, -0.25) is 9.69 Å². The van der Waals surface area contributed by atoms with Crippen LogP contribution >= 0.6 is 0 Å². The Bertz CT molecular complexity index is 709. The maximum absolute atomic E-state index is 13.3. The smallest absolute Gasteiger partial charge is 0.194 e. The average Bonchev–Trinajstić information content (AvgIpc) is 2.59. The highest BCUT2D eigenvalue weighted by atomic mass is 16.5. The van der Waals surface area contributed by atoms with Gasteiger partial charge in [-0.1, -0.05) is 6.92 Å². The van der Waals surface area contributed by atoms with E-state index in [1.807, 2.05) is 25.2 Å². The van der Waals surface area contributed by atoms with E-state index < -0.39 is 0 Å². The van der Waals surface area contributed by atoms with Crippen LogP contribution in [0.15, 0.2) is 17.8 Å². The number of hydrogen-bond acceptors (Lipinski definition) is 5. The van der Waals surface area contributed by atoms with Gasteiger partial charge < -0.3 is 14.4 Å². The number of benzene rings is 1. The van der Waals surface area contributed by atoms with Gasteiger partial charge in [-0.2, -0.15) is 0 Å². The second kappa shape index (κ2) is 7.08. The highest BCUT2D eigenvalue weighted by Crippen LogP contribution is 2.48. The van der Waals surface area contributed by atoms with Gasteiger partial charge in [-0.15, -0.1) is 0 Å². The van der Waals surface area contributed by atoms with E-state index in [0.717, 1.165) is 43.5 Å². The molecule has 0 saturated carbocycles. The lowest BCUT2D eigenvalue weighted by Gasteiger charge is -2.42. The van der Waals surface area contributed by atoms with Crippen molar-refractivity contribution in [2.45, 2.75) is 32.2 Å². The number of carbonyl (C=O) groups is 1. The molecule has 0 fully saturated rings. The molecule has 2 aliphatic rings. The SMILES string of the molecule is CCCN1CCc2cc(OC)c(OC)c3c2C1CC(=CN(C)C)C3=O. The van der Waals surface area contributed by atoms with Crippen LogP contribution < -0.4 is 9.47 Å². The molecular weight excluding hydrogens is 316 g/mol. The Kier molecular flexibility index (Phi) is 5.04. The zero-order chi connectivity index (χ0) is 18.1. The first-order valence-electron chi connectivity index (χ1n) is 8.95. The van der Waals surface area contributed by atoms with E-state index in [1.54, 1.807) is 14.2 Å². The summed E-state index contributed by atoms with van der Waals surface area (Å²) in [6.07, 6.45) is 4.75. The Morgan fingerprint density at radius 1 is 1.32 bits per heavy atom. The zero-order valence-electron chi connectivity index (χ0n) is 15.9. The van der Waals surface area contributed by atoms with Gasteiger partial charge in [0.25, 0.3) is 0 Å². The molecule has 1 heterocycles. The van der Waals surface area contributed by atoms with Crippen LogP contribution in [0.5, 0.6) is 11.5 Å². The third kappa shape index (κ3) is 3.01. The molecule has 136 valence electrons. The molecule has 0 radical (unpaired) electrons. The third-order valence-corrected chi connectivity index (χ3v) is 5.09. The van der Waals surface area contributed by atoms with Gasteiger partial charge in [0.2, 0.25) is 0 Å². The Balaban J connectivity index is 2.24. The monoisotopic (exact) mass is 344 g/mol. The van der Waals surface area contributed by atoms with E-state index in [4.69, 9.17) is 9.47 Å². The normalized spacial score (nSPS) is 21.2. The fourth-order valence-electron chi connectivity index (χ4n) is 4.15. The fraction of sp³-hybridized carbons (Fsp3) is 0.550. The molecule has 0 spiro atoms. The number of hydrogen-bond donors (Lipinski definition) is 0. The number of nitrogens with zero attached hydrogens (tertiary/aromatic N) is 2. The van der Waals surface area contributed by atoms with Crippen LogP contribution in [0.4, 0.5) is 0 Å². The first-order chi connectivity index (χ1) is 12.0. The molecule has 1 aromatic rings. The standard InChI is InChI=1S/C20H28N2O3/c1-6-8-22-9-7-13-11-16(24-4)20(25-5)18-17(13)15(22)10-14(19(18)23)12-21(2)3/h11-12,15H,6-10H2,1-5H3. The van der Waals surface area contributed by atoms with Crippen molar-refractivity contribution in [3.05, 3.63) is 34.5 Å². The van der Waals surface area contributed by atoms with E-state index in [0.29, 0.717) is 17.1 Å². The summed E-state index contributed by atoms with van der Waals surface area (Å²) in [6.45, 7) is 4.26. The predicted octanol–water partition coefficient (Wildman–Crippen LogP) is 3.04. The van der Waals surface area contributed by atoms with Gasteiger partial charge in [0, 0.05) is 38.5 Å². The van der Waals surface area contributed by atoms with Crippen LogP contribution in [0, 0.1) is 0 Å². The van der Waals surface area contributed by atoms with Gasteiger partial charge >= 0.3 is 0 Å². The van der Waals surface area contributed by atoms with Crippen molar-refractivity contribution in [3.8, 4) is 11.5 Å². The van der Waals surface area contributed by atoms with Crippen molar-refractivity contribution in [1.29, 1.82) is 0 Å². The topological polar surface area (TPSA) is 42.0 Å². The molecule has 1 atom stereocenters. The van der Waals surface area contributed by atoms with Crippen LogP contribution in [0.3, 0.4) is 0 Å². The molecule has 0 amide bonds. The summed E-state index contributed by atoms with van der Waals surface area (Å²) in [5.74, 6) is 1.28. The second-order valence-electron chi connectivity index (χ2n) is 7.01. The molecule has 1 unspecified atom stereocenters. The number of carbonyl (C=O) groups excluding carboxylic acids is 1. The van der Waals surface area contributed by atoms with Crippen molar-refractivity contribution in [2.24, 2.45) is 0 Å². The Labute approximate surface area is 150 Å². The largest absolute Gasteiger partial charge is 0.493 e. The first kappa shape index (κ1) is 17.8. The van der Waals surface area contributed by atoms with E-state index in [1.165, 1.54) is 5.56 Å². The van der Waals surface area contributed by atoms with Crippen molar-refractivity contribution in [2.75, 3.05) is 41.4 Å². The molecule has 25 heavy (non-hydrogen) atoms. The van der Waals surface area contributed by atoms with Gasteiger partial charge in [-0.25, -0.2) is 0 Å². The van der Waals surface area contributed by atoms with Crippen LogP contribution in [0.25, 0.3) is 0 Å². The van der Waals surface area contributed by atoms with E-state index >= 15 is 0 Å². The van der Waals surface area contributed by atoms with E-state index in [2.05, 4.69) is 17.9 Å². The van der Waals surface area contributed by atoms with Crippen molar-refractivity contribution in [1.82, 2.24) is 9.80 Å². The Hall–Kier alpha value is -2.01. The quantitative estimate of drug-likeness (QED) is 0.768. The van der Waals surface area contributed by atoms with Crippen LogP contribution in [-0.2, 0) is 6.42 Å². The third-order valence-electron chi connectivity index (χ3n) is 5.09. The number of ether oxygens (including phenoxy) is 2. The lowest BCUT2D eigenvalue weighted by molar-refractivity contribution is 0.0981. The summed E-state index contributed by atoms with van der Waals surface area (Å²) in [4.78, 5) is 17.7. The Morgan fingerprint density at radius 2 is 2.08 bits per heavy atom. The highest BCUT2D eigenvalue weighted by Gasteiger charge is 2.40. The number of methoxy groups -OCH3 is 2. The maximum Gasteiger partial charge on any atom is 0.194 e. The minimum Gasteiger partial charge on any atom is -0.493 e. The highest BCUT2D eigenvalue weighted by molar-refractivity contribution is 6.13. The molecule has 5 heteroatoms. The summed E-state index contributed by atoms with van der Waals surface area (Å²) in [6, 6.07) is 2.30. The van der Waals surface area contributed by atoms with Crippen LogP contribution in [-0.4, -0.2) is 57.0 Å². The second-order valence-corrected chi connectivity index (χ2v) is 7.01. The lowest BCUT2D eigenvalue weighted by Crippen LogP contribution is -2.40. The molecule has 3 rings (SSSR count). The predicted molar refractivity (Wildman–Crippen MR) is 98.6 cm³/mol. The van der Waals surface area contributed by atoms with Gasteiger partial charge in [0.15, 0.2) is 17.3 Å². The van der Waals surface area contributed by atoms with Gasteiger partial charge in [-0.05, 0) is 43.0 Å². The van der Waals surface area contributed by atoms with Gasteiger partial charge in [0.05, 0.1) is 19.8 Å². The van der Waals surface area contributed by atoms with Crippen LogP contribution in [0.1, 0.15) is 47.3 Å². The summed E-state index contributed by atoms with van der Waals surface area (Å²) in [5, 5.41) is 0. The molecule has 1 aliphatic heterocycles. The average molecular weight is 344 g/mol. The van der Waals surface area contributed by atoms with E-state index in [9.17, 15) is 4.79 Å². The maximum atomic E-state index is 13.3. The fourth-order valence-corrected chi connectivity index (χ4v) is 4.15. The molecule has 0 bridgehead atoms. The summed E-state index contributed by atoms with van der Waals surface area (Å²) >= 11 is 0. The minimum absolute atomic E-state index is 0.0651. The molecule has 5 nitrogen and oxygen atoms in total. The van der Waals surface area contributed by atoms with Crippen molar-refractivity contribution < 1.29 is 14.3 Å². The van der Waals surface area contributed by atoms with Crippen LogP contribution in [0.2, 0.25) is 0 Å². The first-order valence-corrected chi connectivity index (χ1v) is 8.95. The van der Waals surface area contributed by atoms with Gasteiger partial charge in [0.1, 0.15) is 0 Å². The molecular formula is C20H28N2O3. The molecule has 0 saturated heterocycles. The molecule has 1 aliphatic carbocycles. The number of rotatable bonds is 5. The molecule has 0 N–H and O–H groups in total. The van der Waals surface area contributed by atoms with E-state index in [-0.39, 0.29) is 11.8 Å². The molecule has 1 aromatic carbocycles. The summed E-state index contributed by atoms with van der Waals surface area (Å²) in [5.41, 5.74) is 3.91.